The Bertz CT molecular complexity index is 1540. The lowest BCUT2D eigenvalue weighted by Gasteiger charge is -2.12. The third-order valence-electron chi connectivity index (χ3n) is 5.55. The van der Waals surface area contributed by atoms with Gasteiger partial charge in [0, 0.05) is 42.4 Å². The largest absolute Gasteiger partial charge is 0.350 e. The number of halogens is 1. The average Bonchev–Trinajstić information content (AvgIpc) is 2.79. The van der Waals surface area contributed by atoms with Crippen molar-refractivity contribution in [3.8, 4) is 11.8 Å². The van der Waals surface area contributed by atoms with Crippen molar-refractivity contribution >= 4 is 20.7 Å². The zero-order valence-corrected chi connectivity index (χ0v) is 19.1. The van der Waals surface area contributed by atoms with Gasteiger partial charge in [-0.15, -0.1) is 0 Å². The molecule has 0 spiro atoms. The van der Waals surface area contributed by atoms with Gasteiger partial charge in [0.05, 0.1) is 10.4 Å². The Morgan fingerprint density at radius 3 is 2.33 bits per heavy atom. The van der Waals surface area contributed by atoms with Gasteiger partial charge in [0.2, 0.25) is 0 Å². The molecule has 1 heterocycles. The van der Waals surface area contributed by atoms with Crippen LogP contribution in [0, 0.1) is 17.7 Å². The fraction of sp³-hybridized carbons (Fsp3) is 0.148. The number of hydrogen-bond donors (Lipinski definition) is 0. The second-order valence-electron chi connectivity index (χ2n) is 8.02. The van der Waals surface area contributed by atoms with Crippen molar-refractivity contribution in [2.75, 3.05) is 6.26 Å². The lowest BCUT2D eigenvalue weighted by molar-refractivity contribution is 0.602. The Labute approximate surface area is 192 Å². The van der Waals surface area contributed by atoms with Gasteiger partial charge in [-0.3, -0.25) is 4.79 Å². The number of aryl methyl sites for hydroxylation is 1. The molecule has 0 fully saturated rings. The SMILES string of the molecule is Cn1ccc(=O)c2cc(C#CC(Cc3ccc(S(C)(=O)=O)cc3)c3ccc(F)cc3)ccc21. The Morgan fingerprint density at radius 2 is 1.67 bits per heavy atom. The van der Waals surface area contributed by atoms with Crippen LogP contribution in [0.3, 0.4) is 0 Å². The lowest BCUT2D eigenvalue weighted by Crippen LogP contribution is -2.05. The van der Waals surface area contributed by atoms with Gasteiger partial charge in [-0.25, -0.2) is 12.8 Å². The van der Waals surface area contributed by atoms with Crippen LogP contribution < -0.4 is 5.43 Å². The van der Waals surface area contributed by atoms with E-state index in [1.165, 1.54) is 24.5 Å². The van der Waals surface area contributed by atoms with E-state index in [2.05, 4.69) is 11.8 Å². The van der Waals surface area contributed by atoms with E-state index in [0.29, 0.717) is 17.4 Å². The first-order chi connectivity index (χ1) is 15.7. The van der Waals surface area contributed by atoms with Crippen LogP contribution in [0.2, 0.25) is 0 Å². The van der Waals surface area contributed by atoms with Crippen LogP contribution in [0.25, 0.3) is 10.9 Å². The van der Waals surface area contributed by atoms with E-state index in [4.69, 9.17) is 0 Å². The molecule has 0 aliphatic heterocycles. The Morgan fingerprint density at radius 1 is 0.970 bits per heavy atom. The molecule has 0 N–H and O–H groups in total. The molecule has 0 radical (unpaired) electrons. The van der Waals surface area contributed by atoms with Crippen molar-refractivity contribution in [3.63, 3.8) is 0 Å². The number of aromatic nitrogens is 1. The second-order valence-corrected chi connectivity index (χ2v) is 10.0. The molecule has 0 aliphatic rings. The molecule has 0 aliphatic carbocycles. The summed E-state index contributed by atoms with van der Waals surface area (Å²) in [5, 5.41) is 0.599. The van der Waals surface area contributed by atoms with Crippen LogP contribution in [-0.2, 0) is 23.3 Å². The molecule has 4 nitrogen and oxygen atoms in total. The molecule has 4 aromatic rings. The number of rotatable bonds is 4. The molecule has 0 saturated carbocycles. The zero-order chi connectivity index (χ0) is 23.6. The molecule has 4 rings (SSSR count). The van der Waals surface area contributed by atoms with E-state index in [0.717, 1.165) is 16.6 Å². The molecule has 6 heteroatoms. The van der Waals surface area contributed by atoms with Gasteiger partial charge >= 0.3 is 0 Å². The van der Waals surface area contributed by atoms with Crippen LogP contribution in [-0.4, -0.2) is 19.2 Å². The molecule has 1 unspecified atom stereocenters. The maximum Gasteiger partial charge on any atom is 0.189 e. The minimum atomic E-state index is -3.27. The minimum absolute atomic E-state index is 0.0622. The van der Waals surface area contributed by atoms with Crippen molar-refractivity contribution in [1.82, 2.24) is 4.57 Å². The number of sulfone groups is 1. The fourth-order valence-corrected chi connectivity index (χ4v) is 4.32. The number of hydrogen-bond acceptors (Lipinski definition) is 3. The van der Waals surface area contributed by atoms with E-state index in [9.17, 15) is 17.6 Å². The summed E-state index contributed by atoms with van der Waals surface area (Å²) in [6.07, 6.45) is 3.43. The highest BCUT2D eigenvalue weighted by Crippen LogP contribution is 2.22. The molecule has 166 valence electrons. The van der Waals surface area contributed by atoms with E-state index >= 15 is 0 Å². The smallest absolute Gasteiger partial charge is 0.189 e. The first-order valence-corrected chi connectivity index (χ1v) is 12.3. The average molecular weight is 460 g/mol. The molecular formula is C27H22FNO3S. The first-order valence-electron chi connectivity index (χ1n) is 10.4. The highest BCUT2D eigenvalue weighted by Gasteiger charge is 2.12. The third-order valence-corrected chi connectivity index (χ3v) is 6.67. The second kappa shape index (κ2) is 9.05. The van der Waals surface area contributed by atoms with Gasteiger partial charge in [0.25, 0.3) is 0 Å². The van der Waals surface area contributed by atoms with E-state index in [1.807, 2.05) is 23.7 Å². The van der Waals surface area contributed by atoms with Crippen molar-refractivity contribution in [3.05, 3.63) is 112 Å². The predicted molar refractivity (Wildman–Crippen MR) is 128 cm³/mol. The molecule has 0 bridgehead atoms. The van der Waals surface area contributed by atoms with Gasteiger partial charge in [-0.05, 0) is 60.0 Å². The van der Waals surface area contributed by atoms with Gasteiger partial charge in [0.15, 0.2) is 15.3 Å². The van der Waals surface area contributed by atoms with Crippen molar-refractivity contribution in [1.29, 1.82) is 0 Å². The summed E-state index contributed by atoms with van der Waals surface area (Å²) in [6.45, 7) is 0. The number of fused-ring (bicyclic) bond motifs is 1. The van der Waals surface area contributed by atoms with Crippen molar-refractivity contribution < 1.29 is 12.8 Å². The van der Waals surface area contributed by atoms with Crippen molar-refractivity contribution in [2.45, 2.75) is 17.2 Å². The van der Waals surface area contributed by atoms with Crippen LogP contribution in [0.5, 0.6) is 0 Å². The maximum atomic E-state index is 13.5. The topological polar surface area (TPSA) is 56.1 Å². The van der Waals surface area contributed by atoms with E-state index in [1.54, 1.807) is 48.7 Å². The van der Waals surface area contributed by atoms with Gasteiger partial charge in [-0.1, -0.05) is 36.1 Å². The fourth-order valence-electron chi connectivity index (χ4n) is 3.69. The summed E-state index contributed by atoms with van der Waals surface area (Å²) in [5.41, 5.74) is 3.25. The molecular weight excluding hydrogens is 437 g/mol. The third kappa shape index (κ3) is 5.21. The molecule has 3 aromatic carbocycles. The monoisotopic (exact) mass is 459 g/mol. The summed E-state index contributed by atoms with van der Waals surface area (Å²) in [5.74, 6) is 5.86. The van der Waals surface area contributed by atoms with Gasteiger partial charge in [-0.2, -0.15) is 0 Å². The summed E-state index contributed by atoms with van der Waals surface area (Å²) in [6, 6.07) is 20.0. The Hall–Kier alpha value is -3.69. The minimum Gasteiger partial charge on any atom is -0.350 e. The zero-order valence-electron chi connectivity index (χ0n) is 18.2. The van der Waals surface area contributed by atoms with Gasteiger partial charge < -0.3 is 4.57 Å². The number of nitrogens with zero attached hydrogens (tertiary/aromatic N) is 1. The summed E-state index contributed by atoms with van der Waals surface area (Å²) in [7, 11) is -1.39. The molecule has 1 aromatic heterocycles. The van der Waals surface area contributed by atoms with Crippen LogP contribution in [0.4, 0.5) is 4.39 Å². The maximum absolute atomic E-state index is 13.5. The highest BCUT2D eigenvalue weighted by molar-refractivity contribution is 7.90. The van der Waals surface area contributed by atoms with Crippen LogP contribution in [0.15, 0.2) is 88.7 Å². The standard InChI is InChI=1S/C27H22FNO3S/c1-29-16-15-27(30)25-18-20(6-14-26(25)29)3-7-22(21-8-10-23(28)11-9-21)17-19-4-12-24(13-5-19)33(2,31)32/h4-6,8-16,18,22H,17H2,1-2H3. The van der Waals surface area contributed by atoms with Crippen molar-refractivity contribution in [2.24, 2.45) is 7.05 Å². The molecule has 0 saturated heterocycles. The van der Waals surface area contributed by atoms with E-state index < -0.39 is 9.84 Å². The van der Waals surface area contributed by atoms with Crippen LogP contribution in [0.1, 0.15) is 22.6 Å². The number of pyridine rings is 1. The normalized spacial score (nSPS) is 12.2. The summed E-state index contributed by atoms with van der Waals surface area (Å²) >= 11 is 0. The number of benzene rings is 3. The summed E-state index contributed by atoms with van der Waals surface area (Å²) < 4.78 is 38.8. The van der Waals surface area contributed by atoms with Gasteiger partial charge in [0.1, 0.15) is 5.82 Å². The molecule has 0 amide bonds. The molecule has 33 heavy (non-hydrogen) atoms. The van der Waals surface area contributed by atoms with Crippen LogP contribution >= 0.6 is 0 Å². The Kier molecular flexibility index (Phi) is 6.17. The Balaban J connectivity index is 1.70. The lowest BCUT2D eigenvalue weighted by atomic mass is 9.92. The summed E-state index contributed by atoms with van der Waals surface area (Å²) in [4.78, 5) is 12.5. The highest BCUT2D eigenvalue weighted by atomic mass is 32.2. The predicted octanol–water partition coefficient (Wildman–Crippen LogP) is 4.46. The quantitative estimate of drug-likeness (QED) is 0.424. The first kappa shape index (κ1) is 22.5. The molecule has 1 atom stereocenters. The van der Waals surface area contributed by atoms with E-state index in [-0.39, 0.29) is 22.1 Å².